The molecule has 0 unspecified atom stereocenters. The molecule has 86 valence electrons. The largest absolute Gasteiger partial charge is 0.253 e. The number of nitrogens with zero attached hydrogens (tertiary/aromatic N) is 3. The first-order chi connectivity index (χ1) is 8.10. The maximum Gasteiger partial charge on any atom is 0.129 e. The quantitative estimate of drug-likeness (QED) is 0.824. The summed E-state index contributed by atoms with van der Waals surface area (Å²) in [7, 11) is 0. The Kier molecular flexibility index (Phi) is 3.60. The summed E-state index contributed by atoms with van der Waals surface area (Å²) < 4.78 is 16.7. The van der Waals surface area contributed by atoms with Crippen molar-refractivity contribution in [3.63, 3.8) is 0 Å². The minimum absolute atomic E-state index is 0.309. The lowest BCUT2D eigenvalue weighted by atomic mass is 10.1. The summed E-state index contributed by atoms with van der Waals surface area (Å²) in [4.78, 5) is 0. The number of hydrogen-bond acceptors (Lipinski definition) is 2. The van der Waals surface area contributed by atoms with Crippen molar-refractivity contribution in [2.75, 3.05) is 0 Å². The Morgan fingerprint density at radius 2 is 2.12 bits per heavy atom. The zero-order chi connectivity index (χ0) is 12.4. The summed E-state index contributed by atoms with van der Waals surface area (Å²) in [5.74, 6) is -0.400. The van der Waals surface area contributed by atoms with Crippen molar-refractivity contribution in [2.45, 2.75) is 6.54 Å². The Bertz CT molecular complexity index is 601. The van der Waals surface area contributed by atoms with Gasteiger partial charge in [0.25, 0.3) is 0 Å². The van der Waals surface area contributed by atoms with Gasteiger partial charge in [-0.05, 0) is 44.0 Å². The van der Waals surface area contributed by atoms with E-state index in [0.717, 1.165) is 4.60 Å². The lowest BCUT2D eigenvalue weighted by Crippen LogP contribution is -2.04. The van der Waals surface area contributed by atoms with E-state index in [9.17, 15) is 4.39 Å². The minimum Gasteiger partial charge on any atom is -0.253 e. The summed E-state index contributed by atoms with van der Waals surface area (Å²) >= 11 is 6.56. The molecule has 3 nitrogen and oxygen atoms in total. The van der Waals surface area contributed by atoms with Crippen LogP contribution in [0.3, 0.4) is 0 Å². The first kappa shape index (κ1) is 12.3. The zero-order valence-corrected chi connectivity index (χ0v) is 11.7. The molecule has 2 rings (SSSR count). The van der Waals surface area contributed by atoms with Crippen LogP contribution in [0.2, 0.25) is 0 Å². The number of benzene rings is 1. The van der Waals surface area contributed by atoms with Gasteiger partial charge in [-0.1, -0.05) is 6.07 Å². The second kappa shape index (κ2) is 4.98. The molecule has 2 aromatic rings. The van der Waals surface area contributed by atoms with Gasteiger partial charge in [-0.3, -0.25) is 4.68 Å². The van der Waals surface area contributed by atoms with Gasteiger partial charge in [0.2, 0.25) is 0 Å². The fourth-order valence-electron chi connectivity index (χ4n) is 1.38. The molecule has 0 aliphatic carbocycles. The molecule has 6 heteroatoms. The van der Waals surface area contributed by atoms with Gasteiger partial charge >= 0.3 is 0 Å². The summed E-state index contributed by atoms with van der Waals surface area (Å²) in [6, 6.07) is 8.08. The number of aromatic nitrogens is 2. The third kappa shape index (κ3) is 2.73. The van der Waals surface area contributed by atoms with Gasteiger partial charge in [-0.15, -0.1) is 0 Å². The van der Waals surface area contributed by atoms with Crippen LogP contribution in [-0.2, 0) is 6.54 Å². The minimum atomic E-state index is -0.400. The lowest BCUT2D eigenvalue weighted by Gasteiger charge is -2.05. The molecule has 0 atom stereocenters. The van der Waals surface area contributed by atoms with Crippen molar-refractivity contribution in [3.8, 4) is 6.07 Å². The molecular weight excluding hydrogens is 353 g/mol. The Labute approximate surface area is 114 Å². The predicted octanol–water partition coefficient (Wildman–Crippen LogP) is 3.47. The molecule has 0 bridgehead atoms. The Balaban J connectivity index is 2.31. The molecule has 0 fully saturated rings. The summed E-state index contributed by atoms with van der Waals surface area (Å²) in [5, 5.41) is 12.8. The van der Waals surface area contributed by atoms with Crippen LogP contribution in [0.5, 0.6) is 0 Å². The molecule has 0 saturated heterocycles. The number of halogens is 3. The number of hydrogen-bond donors (Lipinski definition) is 0. The predicted molar refractivity (Wildman–Crippen MR) is 67.8 cm³/mol. The highest BCUT2D eigenvalue weighted by Gasteiger charge is 2.08. The van der Waals surface area contributed by atoms with Crippen LogP contribution < -0.4 is 0 Å². The summed E-state index contributed by atoms with van der Waals surface area (Å²) in [5.41, 5.74) is 0.798. The van der Waals surface area contributed by atoms with Crippen LogP contribution in [0.1, 0.15) is 11.1 Å². The average molecular weight is 359 g/mol. The van der Waals surface area contributed by atoms with E-state index in [-0.39, 0.29) is 0 Å². The van der Waals surface area contributed by atoms with Gasteiger partial charge < -0.3 is 0 Å². The first-order valence-electron chi connectivity index (χ1n) is 4.67. The van der Waals surface area contributed by atoms with Gasteiger partial charge in [-0.25, -0.2) is 4.39 Å². The molecule has 0 saturated carbocycles. The second-order valence-corrected chi connectivity index (χ2v) is 4.99. The van der Waals surface area contributed by atoms with E-state index in [0.29, 0.717) is 22.3 Å². The second-order valence-electron chi connectivity index (χ2n) is 3.37. The third-order valence-electron chi connectivity index (χ3n) is 2.20. The Morgan fingerprint density at radius 3 is 2.65 bits per heavy atom. The zero-order valence-electron chi connectivity index (χ0n) is 8.49. The molecule has 0 aliphatic heterocycles. The highest BCUT2D eigenvalue weighted by atomic mass is 79.9. The van der Waals surface area contributed by atoms with Crippen LogP contribution >= 0.6 is 31.9 Å². The van der Waals surface area contributed by atoms with Crippen LogP contribution in [-0.4, -0.2) is 9.78 Å². The topological polar surface area (TPSA) is 41.6 Å². The third-order valence-corrected chi connectivity index (χ3v) is 3.23. The molecule has 0 radical (unpaired) electrons. The van der Waals surface area contributed by atoms with Gasteiger partial charge in [0.1, 0.15) is 15.0 Å². The van der Waals surface area contributed by atoms with Crippen molar-refractivity contribution >= 4 is 31.9 Å². The molecule has 17 heavy (non-hydrogen) atoms. The molecule has 0 amide bonds. The molecule has 1 aromatic heterocycles. The van der Waals surface area contributed by atoms with Crippen molar-refractivity contribution in [1.82, 2.24) is 9.78 Å². The Morgan fingerprint density at radius 1 is 1.35 bits per heavy atom. The monoisotopic (exact) mass is 357 g/mol. The van der Waals surface area contributed by atoms with Crippen LogP contribution in [0.15, 0.2) is 33.5 Å². The van der Waals surface area contributed by atoms with Gasteiger partial charge in [0.15, 0.2) is 0 Å². The van der Waals surface area contributed by atoms with E-state index in [4.69, 9.17) is 5.26 Å². The maximum atomic E-state index is 13.6. The van der Waals surface area contributed by atoms with Gasteiger partial charge in [0, 0.05) is 11.6 Å². The maximum absolute atomic E-state index is 13.6. The highest BCUT2D eigenvalue weighted by molar-refractivity contribution is 9.11. The van der Waals surface area contributed by atoms with E-state index in [1.54, 1.807) is 22.9 Å². The number of rotatable bonds is 2. The van der Waals surface area contributed by atoms with Crippen molar-refractivity contribution in [2.24, 2.45) is 0 Å². The highest BCUT2D eigenvalue weighted by Crippen LogP contribution is 2.19. The van der Waals surface area contributed by atoms with E-state index in [2.05, 4.69) is 37.0 Å². The van der Waals surface area contributed by atoms with Crippen LogP contribution in [0.25, 0.3) is 0 Å². The van der Waals surface area contributed by atoms with Gasteiger partial charge in [-0.2, -0.15) is 10.4 Å². The van der Waals surface area contributed by atoms with Crippen molar-refractivity contribution in [1.29, 1.82) is 5.26 Å². The fourth-order valence-corrected chi connectivity index (χ4v) is 2.52. The molecule has 1 heterocycles. The summed E-state index contributed by atoms with van der Waals surface area (Å²) in [6.07, 6.45) is 0. The standard InChI is InChI=1S/C11H6Br2FN3/c12-10-4-11(13)17(16-10)6-8-2-1-7(5-15)3-9(8)14/h1-4H,6H2. The van der Waals surface area contributed by atoms with Crippen molar-refractivity contribution in [3.05, 3.63) is 50.4 Å². The fraction of sp³-hybridized carbons (Fsp3) is 0.0909. The SMILES string of the molecule is N#Cc1ccc(Cn2nc(Br)cc2Br)c(F)c1. The van der Waals surface area contributed by atoms with E-state index in [1.807, 2.05) is 6.07 Å². The lowest BCUT2D eigenvalue weighted by molar-refractivity contribution is 0.580. The molecule has 1 aromatic carbocycles. The normalized spacial score (nSPS) is 10.2. The van der Waals surface area contributed by atoms with Gasteiger partial charge in [0.05, 0.1) is 18.2 Å². The van der Waals surface area contributed by atoms with E-state index >= 15 is 0 Å². The molecule has 0 spiro atoms. The van der Waals surface area contributed by atoms with Crippen LogP contribution in [0.4, 0.5) is 4.39 Å². The van der Waals surface area contributed by atoms with E-state index in [1.165, 1.54) is 6.07 Å². The van der Waals surface area contributed by atoms with Crippen LogP contribution in [0, 0.1) is 17.1 Å². The first-order valence-corrected chi connectivity index (χ1v) is 6.26. The molecular formula is C11H6Br2FN3. The summed E-state index contributed by atoms with van der Waals surface area (Å²) in [6.45, 7) is 0.309. The number of nitriles is 1. The molecule has 0 aliphatic rings. The van der Waals surface area contributed by atoms with Crippen molar-refractivity contribution < 1.29 is 4.39 Å². The Hall–Kier alpha value is -1.19. The van der Waals surface area contributed by atoms with E-state index < -0.39 is 5.82 Å². The smallest absolute Gasteiger partial charge is 0.129 e. The average Bonchev–Trinajstić information content (AvgIpc) is 2.60. The molecule has 0 N–H and O–H groups in total.